The van der Waals surface area contributed by atoms with Gasteiger partial charge in [0.1, 0.15) is 5.71 Å². The summed E-state index contributed by atoms with van der Waals surface area (Å²) < 4.78 is 0. The first-order chi connectivity index (χ1) is 4.35. The number of hydrogen-bond donors (Lipinski definition) is 1. The molecule has 3 heteroatoms. The van der Waals surface area contributed by atoms with E-state index in [9.17, 15) is 4.79 Å². The van der Waals surface area contributed by atoms with Crippen LogP contribution in [0.4, 0.5) is 0 Å². The Balaban J connectivity index is 3.45. The first-order valence-corrected chi connectivity index (χ1v) is 3.01. The zero-order valence-corrected chi connectivity index (χ0v) is 5.50. The molecule has 0 bridgehead atoms. The number of oxime groups is 1. The van der Waals surface area contributed by atoms with Crippen molar-refractivity contribution in [3.8, 4) is 0 Å². The van der Waals surface area contributed by atoms with Gasteiger partial charge in [-0.1, -0.05) is 18.5 Å². The monoisotopic (exact) mass is 129 g/mol. The molecule has 0 spiro atoms. The molecule has 0 unspecified atom stereocenters. The summed E-state index contributed by atoms with van der Waals surface area (Å²) in [7, 11) is 0. The van der Waals surface area contributed by atoms with Gasteiger partial charge in [0, 0.05) is 0 Å². The minimum absolute atomic E-state index is 0.233. The lowest BCUT2D eigenvalue weighted by atomic mass is 10.2. The van der Waals surface area contributed by atoms with Gasteiger partial charge in [0.25, 0.3) is 0 Å². The van der Waals surface area contributed by atoms with Gasteiger partial charge in [0.05, 0.1) is 0 Å². The van der Waals surface area contributed by atoms with Gasteiger partial charge >= 0.3 is 0 Å². The summed E-state index contributed by atoms with van der Waals surface area (Å²) in [5, 5.41) is 10.9. The van der Waals surface area contributed by atoms with Crippen molar-refractivity contribution >= 4 is 12.0 Å². The minimum Gasteiger partial charge on any atom is -0.411 e. The van der Waals surface area contributed by atoms with E-state index >= 15 is 0 Å². The maximum absolute atomic E-state index is 9.95. The molecule has 0 aliphatic heterocycles. The molecule has 0 rings (SSSR count). The Kier molecular flexibility index (Phi) is 4.78. The Bertz CT molecular complexity index is 110. The summed E-state index contributed by atoms with van der Waals surface area (Å²) >= 11 is 0. The number of unbranched alkanes of at least 4 members (excludes halogenated alkanes) is 1. The van der Waals surface area contributed by atoms with Crippen molar-refractivity contribution in [1.29, 1.82) is 0 Å². The van der Waals surface area contributed by atoms with Crippen molar-refractivity contribution in [2.75, 3.05) is 0 Å². The van der Waals surface area contributed by atoms with E-state index in [1.807, 2.05) is 6.92 Å². The van der Waals surface area contributed by atoms with Gasteiger partial charge in [-0.15, -0.1) is 0 Å². The van der Waals surface area contributed by atoms with Crippen LogP contribution in [0.15, 0.2) is 5.16 Å². The molecule has 0 aromatic rings. The zero-order chi connectivity index (χ0) is 7.11. The maximum Gasteiger partial charge on any atom is 0.167 e. The third kappa shape index (κ3) is 3.70. The highest BCUT2D eigenvalue weighted by Gasteiger charge is 1.94. The molecule has 1 N–H and O–H groups in total. The summed E-state index contributed by atoms with van der Waals surface area (Å²) in [6, 6.07) is 0. The van der Waals surface area contributed by atoms with Crippen LogP contribution in [0.25, 0.3) is 0 Å². The van der Waals surface area contributed by atoms with Crippen LogP contribution in [-0.4, -0.2) is 17.2 Å². The van der Waals surface area contributed by atoms with Gasteiger partial charge in [0.2, 0.25) is 0 Å². The summed E-state index contributed by atoms with van der Waals surface area (Å²) in [6.07, 6.45) is 3.07. The fourth-order valence-electron chi connectivity index (χ4n) is 0.490. The Morgan fingerprint density at radius 1 is 1.78 bits per heavy atom. The van der Waals surface area contributed by atoms with Crippen LogP contribution >= 0.6 is 0 Å². The molecular weight excluding hydrogens is 118 g/mol. The first kappa shape index (κ1) is 8.14. The Morgan fingerprint density at radius 3 is 2.78 bits per heavy atom. The summed E-state index contributed by atoms with van der Waals surface area (Å²) in [5.74, 6) is 0. The van der Waals surface area contributed by atoms with Gasteiger partial charge in [-0.2, -0.15) is 0 Å². The molecule has 3 nitrogen and oxygen atoms in total. The largest absolute Gasteiger partial charge is 0.411 e. The molecule has 0 saturated heterocycles. The smallest absolute Gasteiger partial charge is 0.167 e. The van der Waals surface area contributed by atoms with Crippen LogP contribution in [0.5, 0.6) is 0 Å². The third-order valence-electron chi connectivity index (χ3n) is 1.05. The van der Waals surface area contributed by atoms with Crippen LogP contribution in [0.3, 0.4) is 0 Å². The quantitative estimate of drug-likeness (QED) is 0.268. The van der Waals surface area contributed by atoms with Gasteiger partial charge in [0.15, 0.2) is 6.29 Å². The molecular formula is C6H11NO2. The summed E-state index contributed by atoms with van der Waals surface area (Å²) in [4.78, 5) is 9.95. The maximum atomic E-state index is 9.95. The van der Waals surface area contributed by atoms with E-state index in [1.54, 1.807) is 0 Å². The topological polar surface area (TPSA) is 49.7 Å². The SMILES string of the molecule is CCCC/C(C=O)=N\O. The van der Waals surface area contributed by atoms with E-state index in [1.165, 1.54) is 0 Å². The number of nitrogens with zero attached hydrogens (tertiary/aromatic N) is 1. The lowest BCUT2D eigenvalue weighted by molar-refractivity contribution is -0.102. The van der Waals surface area contributed by atoms with Crippen LogP contribution in [0.2, 0.25) is 0 Å². The molecule has 9 heavy (non-hydrogen) atoms. The molecule has 0 saturated carbocycles. The van der Waals surface area contributed by atoms with E-state index < -0.39 is 0 Å². The fraction of sp³-hybridized carbons (Fsp3) is 0.667. The van der Waals surface area contributed by atoms with Crippen molar-refractivity contribution in [3.05, 3.63) is 0 Å². The van der Waals surface area contributed by atoms with Gasteiger partial charge in [-0.3, -0.25) is 4.79 Å². The van der Waals surface area contributed by atoms with E-state index in [2.05, 4.69) is 5.16 Å². The van der Waals surface area contributed by atoms with Gasteiger partial charge in [-0.25, -0.2) is 0 Å². The average Bonchev–Trinajstić information content (AvgIpc) is 1.91. The summed E-state index contributed by atoms with van der Waals surface area (Å²) in [6.45, 7) is 2.01. The highest BCUT2D eigenvalue weighted by Crippen LogP contribution is 1.94. The van der Waals surface area contributed by atoms with E-state index in [-0.39, 0.29) is 5.71 Å². The van der Waals surface area contributed by atoms with E-state index in [0.29, 0.717) is 12.7 Å². The number of rotatable bonds is 4. The molecule has 0 radical (unpaired) electrons. The number of carbonyl (C=O) groups excluding carboxylic acids is 1. The van der Waals surface area contributed by atoms with Crippen molar-refractivity contribution in [3.63, 3.8) is 0 Å². The molecule has 0 amide bonds. The lowest BCUT2D eigenvalue weighted by Crippen LogP contribution is -1.98. The average molecular weight is 129 g/mol. The number of hydrogen-bond acceptors (Lipinski definition) is 3. The molecule has 0 aliphatic carbocycles. The summed E-state index contributed by atoms with van der Waals surface area (Å²) in [5.41, 5.74) is 0.233. The van der Waals surface area contributed by atoms with E-state index in [4.69, 9.17) is 5.21 Å². The molecule has 0 aromatic carbocycles. The number of carbonyl (C=O) groups is 1. The first-order valence-electron chi connectivity index (χ1n) is 3.01. The van der Waals surface area contributed by atoms with Crippen molar-refractivity contribution in [1.82, 2.24) is 0 Å². The van der Waals surface area contributed by atoms with Crippen molar-refractivity contribution in [2.45, 2.75) is 26.2 Å². The van der Waals surface area contributed by atoms with Gasteiger partial charge < -0.3 is 5.21 Å². The second kappa shape index (κ2) is 5.28. The standard InChI is InChI=1S/C6H11NO2/c1-2-3-4-6(5-8)7-9/h5,9H,2-4H2,1H3/b7-6+. The third-order valence-corrected chi connectivity index (χ3v) is 1.05. The molecule has 0 atom stereocenters. The normalized spacial score (nSPS) is 11.4. The van der Waals surface area contributed by atoms with E-state index in [0.717, 1.165) is 12.8 Å². The molecule has 0 heterocycles. The van der Waals surface area contributed by atoms with Crippen LogP contribution in [0, 0.1) is 0 Å². The fourth-order valence-corrected chi connectivity index (χ4v) is 0.490. The predicted molar refractivity (Wildman–Crippen MR) is 34.8 cm³/mol. The molecule has 0 fully saturated rings. The Labute approximate surface area is 54.4 Å². The molecule has 52 valence electrons. The van der Waals surface area contributed by atoms with Gasteiger partial charge in [-0.05, 0) is 12.8 Å². The highest BCUT2D eigenvalue weighted by molar-refractivity contribution is 6.27. The second-order valence-corrected chi connectivity index (χ2v) is 1.81. The number of aldehydes is 1. The highest BCUT2D eigenvalue weighted by atomic mass is 16.4. The lowest BCUT2D eigenvalue weighted by Gasteiger charge is -1.90. The predicted octanol–water partition coefficient (Wildman–Crippen LogP) is 1.21. The molecule has 0 aromatic heterocycles. The Morgan fingerprint density at radius 2 is 2.44 bits per heavy atom. The van der Waals surface area contributed by atoms with Crippen LogP contribution in [0.1, 0.15) is 26.2 Å². The molecule has 0 aliphatic rings. The van der Waals surface area contributed by atoms with Crippen LogP contribution < -0.4 is 0 Å². The zero-order valence-electron chi connectivity index (χ0n) is 5.50. The van der Waals surface area contributed by atoms with Crippen molar-refractivity contribution in [2.24, 2.45) is 5.16 Å². The second-order valence-electron chi connectivity index (χ2n) is 1.81. The Hall–Kier alpha value is -0.860. The minimum atomic E-state index is 0.233. The van der Waals surface area contributed by atoms with Crippen molar-refractivity contribution < 1.29 is 10.0 Å². The van der Waals surface area contributed by atoms with Crippen LogP contribution in [-0.2, 0) is 4.79 Å².